The molecule has 6 atom stereocenters. The molecule has 2 nitrogen and oxygen atoms in total. The number of nitrogens with zero attached hydrogens (tertiary/aromatic N) is 1. The Hall–Kier alpha value is -0.275. The van der Waals surface area contributed by atoms with Gasteiger partial charge in [-0.3, -0.25) is 0 Å². The highest BCUT2D eigenvalue weighted by molar-refractivity contribution is 6.32. The minimum Gasteiger partial charge on any atom is -0.389 e. The topological polar surface area (TPSA) is 23.5 Å². The molecule has 3 saturated carbocycles. The zero-order chi connectivity index (χ0) is 20.8. The molecule has 0 amide bonds. The molecule has 0 aromatic heterocycles. The van der Waals surface area contributed by atoms with Gasteiger partial charge in [0.25, 0.3) is 0 Å². The second-order valence-electron chi connectivity index (χ2n) is 11.7. The molecule has 0 bridgehead atoms. The Morgan fingerprint density at radius 1 is 1.07 bits per heavy atom. The van der Waals surface area contributed by atoms with Crippen LogP contribution in [-0.2, 0) is 0 Å². The molecule has 29 heavy (non-hydrogen) atoms. The highest BCUT2D eigenvalue weighted by atomic mass is 16.3. The summed E-state index contributed by atoms with van der Waals surface area (Å²) in [7, 11) is 2.38. The monoisotopic (exact) mass is 398 g/mol. The molecule has 0 unspecified atom stereocenters. The molecule has 0 spiro atoms. The Morgan fingerprint density at radius 2 is 1.83 bits per heavy atom. The molecule has 1 N–H and O–H groups in total. The van der Waals surface area contributed by atoms with Gasteiger partial charge in [-0.25, -0.2) is 0 Å². The summed E-state index contributed by atoms with van der Waals surface area (Å²) in [5, 5.41) is 11.9. The van der Waals surface area contributed by atoms with E-state index < -0.39 is 5.60 Å². The molecular formula is C26H45BNO. The Balaban J connectivity index is 1.44. The molecule has 163 valence electrons. The third-order valence-electron chi connectivity index (χ3n) is 9.79. The van der Waals surface area contributed by atoms with Gasteiger partial charge in [0.15, 0.2) is 0 Å². The first kappa shape index (κ1) is 21.9. The van der Waals surface area contributed by atoms with Crippen LogP contribution in [0, 0.1) is 29.1 Å². The van der Waals surface area contributed by atoms with Gasteiger partial charge in [0.1, 0.15) is 0 Å². The molecule has 0 aliphatic heterocycles. The second kappa shape index (κ2) is 8.34. The van der Waals surface area contributed by atoms with E-state index in [-0.39, 0.29) is 5.41 Å². The van der Waals surface area contributed by atoms with E-state index in [9.17, 15) is 5.11 Å². The summed E-state index contributed by atoms with van der Waals surface area (Å²) in [5.74, 6) is 3.43. The van der Waals surface area contributed by atoms with Crippen LogP contribution in [0.5, 0.6) is 0 Å². The van der Waals surface area contributed by atoms with Crippen LogP contribution in [0.4, 0.5) is 0 Å². The van der Waals surface area contributed by atoms with E-state index in [1.165, 1.54) is 51.4 Å². The van der Waals surface area contributed by atoms with Gasteiger partial charge in [-0.15, -0.1) is 0 Å². The maximum atomic E-state index is 11.9. The van der Waals surface area contributed by atoms with E-state index in [1.54, 1.807) is 0 Å². The van der Waals surface area contributed by atoms with Gasteiger partial charge in [0.05, 0.1) is 5.60 Å². The average molecular weight is 398 g/mol. The first-order valence-electron chi connectivity index (χ1n) is 12.8. The van der Waals surface area contributed by atoms with Crippen molar-refractivity contribution in [1.82, 2.24) is 4.81 Å². The molecule has 0 aromatic rings. The molecule has 4 rings (SSSR count). The van der Waals surface area contributed by atoms with Crippen molar-refractivity contribution in [2.45, 2.75) is 123 Å². The van der Waals surface area contributed by atoms with E-state index in [2.05, 4.69) is 52.9 Å². The van der Waals surface area contributed by atoms with Crippen molar-refractivity contribution in [1.29, 1.82) is 0 Å². The summed E-state index contributed by atoms with van der Waals surface area (Å²) in [6.45, 7) is 11.6. The van der Waals surface area contributed by atoms with Gasteiger partial charge < -0.3 is 9.92 Å². The third-order valence-corrected chi connectivity index (χ3v) is 9.79. The minimum atomic E-state index is -0.457. The second-order valence-corrected chi connectivity index (χ2v) is 11.7. The first-order chi connectivity index (χ1) is 13.8. The van der Waals surface area contributed by atoms with E-state index in [0.717, 1.165) is 42.8 Å². The highest BCUT2D eigenvalue weighted by Gasteiger charge is 2.61. The number of hydrogen-bond donors (Lipinski definition) is 1. The van der Waals surface area contributed by atoms with Crippen LogP contribution in [0.2, 0.25) is 6.32 Å². The van der Waals surface area contributed by atoms with Crippen LogP contribution in [0.3, 0.4) is 0 Å². The lowest BCUT2D eigenvalue weighted by Crippen LogP contribution is -2.53. The molecule has 3 heteroatoms. The van der Waals surface area contributed by atoms with Crippen molar-refractivity contribution < 1.29 is 5.11 Å². The van der Waals surface area contributed by atoms with Crippen LogP contribution >= 0.6 is 0 Å². The van der Waals surface area contributed by atoms with Gasteiger partial charge in [0.2, 0.25) is 7.41 Å². The predicted octanol–water partition coefficient (Wildman–Crippen LogP) is 6.23. The Labute approximate surface area is 181 Å². The summed E-state index contributed by atoms with van der Waals surface area (Å²) in [5.41, 5.74) is 1.49. The number of aliphatic hydroxyl groups is 1. The fourth-order valence-corrected chi connectivity index (χ4v) is 8.29. The van der Waals surface area contributed by atoms with Gasteiger partial charge in [-0.05, 0) is 105 Å². The van der Waals surface area contributed by atoms with Crippen LogP contribution < -0.4 is 0 Å². The number of rotatable bonds is 6. The molecule has 4 aliphatic carbocycles. The first-order valence-corrected chi connectivity index (χ1v) is 12.8. The zero-order valence-electron chi connectivity index (χ0n) is 19.8. The molecular weight excluding hydrogens is 353 g/mol. The number of fused-ring (bicyclic) bond motifs is 5. The van der Waals surface area contributed by atoms with Crippen LogP contribution in [0.25, 0.3) is 0 Å². The lowest BCUT2D eigenvalue weighted by molar-refractivity contribution is -0.119. The van der Waals surface area contributed by atoms with Crippen LogP contribution in [-0.4, -0.2) is 35.0 Å². The Kier molecular flexibility index (Phi) is 6.31. The van der Waals surface area contributed by atoms with E-state index >= 15 is 0 Å². The zero-order valence-corrected chi connectivity index (χ0v) is 19.8. The van der Waals surface area contributed by atoms with Crippen LogP contribution in [0.15, 0.2) is 11.6 Å². The Morgan fingerprint density at radius 3 is 2.55 bits per heavy atom. The Bertz CT molecular complexity index is 608. The van der Waals surface area contributed by atoms with Crippen molar-refractivity contribution in [3.63, 3.8) is 0 Å². The quantitative estimate of drug-likeness (QED) is 0.424. The summed E-state index contributed by atoms with van der Waals surface area (Å²) < 4.78 is 0. The molecule has 1 radical (unpaired) electrons. The van der Waals surface area contributed by atoms with Crippen molar-refractivity contribution in [2.75, 3.05) is 0 Å². The van der Waals surface area contributed by atoms with Crippen molar-refractivity contribution in [2.24, 2.45) is 29.1 Å². The summed E-state index contributed by atoms with van der Waals surface area (Å²) in [4.78, 5) is 2.47. The van der Waals surface area contributed by atoms with E-state index in [0.29, 0.717) is 12.1 Å². The normalized spacial score (nSPS) is 41.9. The van der Waals surface area contributed by atoms with Crippen molar-refractivity contribution >= 4 is 7.41 Å². The van der Waals surface area contributed by atoms with Gasteiger partial charge in [-0.1, -0.05) is 52.6 Å². The largest absolute Gasteiger partial charge is 0.389 e. The van der Waals surface area contributed by atoms with E-state index in [1.807, 2.05) is 5.57 Å². The smallest absolute Gasteiger partial charge is 0.209 e. The molecule has 0 aromatic carbocycles. The number of allylic oxidation sites excluding steroid dienone is 2. The van der Waals surface area contributed by atoms with Gasteiger partial charge in [-0.2, -0.15) is 0 Å². The summed E-state index contributed by atoms with van der Waals surface area (Å²) >= 11 is 0. The minimum absolute atomic E-state index is 0.137. The van der Waals surface area contributed by atoms with Crippen molar-refractivity contribution in [3.05, 3.63) is 11.6 Å². The van der Waals surface area contributed by atoms with Gasteiger partial charge >= 0.3 is 0 Å². The molecule has 0 heterocycles. The fourth-order valence-electron chi connectivity index (χ4n) is 8.29. The summed E-state index contributed by atoms with van der Waals surface area (Å²) in [6, 6.07) is 1.07. The lowest BCUT2D eigenvalue weighted by atomic mass is 9.50. The van der Waals surface area contributed by atoms with Crippen molar-refractivity contribution in [3.8, 4) is 0 Å². The molecule has 0 saturated heterocycles. The SMILES string of the molecule is CC(C)N([B]CC[C@]1(O)CC[C@H]2[C@@H]3CCC4=CCCC[C@@H]4[C@H]3CC[C@@]21C)C(C)C. The maximum absolute atomic E-state index is 11.9. The number of hydrogen-bond acceptors (Lipinski definition) is 2. The van der Waals surface area contributed by atoms with Gasteiger partial charge in [0, 0.05) is 0 Å². The lowest BCUT2D eigenvalue weighted by Gasteiger charge is -2.56. The summed E-state index contributed by atoms with van der Waals surface area (Å²) in [6.07, 6.45) is 16.4. The molecule has 4 aliphatic rings. The molecule has 3 fully saturated rings. The van der Waals surface area contributed by atoms with E-state index in [4.69, 9.17) is 0 Å². The average Bonchev–Trinajstić information content (AvgIpc) is 2.95. The standard InChI is InChI=1S/C26H45BNO/c1-18(2)28(19(3)4)27-17-16-26(29)15-13-24-23-11-10-20-8-6-7-9-21(20)22(23)12-14-25(24,26)5/h8,18-19,21-24,29H,6-7,9-17H2,1-5H3/t21-,22+,23+,24-,25-,26+/m0/s1. The predicted molar refractivity (Wildman–Crippen MR) is 124 cm³/mol. The maximum Gasteiger partial charge on any atom is 0.209 e. The third kappa shape index (κ3) is 3.77. The fraction of sp³-hybridized carbons (Fsp3) is 0.923. The highest BCUT2D eigenvalue weighted by Crippen LogP contribution is 2.65. The van der Waals surface area contributed by atoms with Crippen LogP contribution in [0.1, 0.15) is 98.8 Å².